The average Bonchev–Trinajstić information content (AvgIpc) is 3.12. The van der Waals surface area contributed by atoms with E-state index in [9.17, 15) is 9.90 Å². The van der Waals surface area contributed by atoms with Crippen molar-refractivity contribution in [2.24, 2.45) is 0 Å². The van der Waals surface area contributed by atoms with Crippen molar-refractivity contribution in [3.63, 3.8) is 0 Å². The molecule has 0 saturated carbocycles. The van der Waals surface area contributed by atoms with Gasteiger partial charge in [0, 0.05) is 38.2 Å². The fourth-order valence-electron chi connectivity index (χ4n) is 3.00. The van der Waals surface area contributed by atoms with Crippen LogP contribution in [0.25, 0.3) is 0 Å². The van der Waals surface area contributed by atoms with Crippen LogP contribution in [0.1, 0.15) is 41.4 Å². The Bertz CT molecular complexity index is 718. The molecule has 2 heterocycles. The summed E-state index contributed by atoms with van der Waals surface area (Å²) in [4.78, 5) is 12.6. The Morgan fingerprint density at radius 2 is 2.04 bits per heavy atom. The minimum absolute atomic E-state index is 0.282. The molecule has 2 N–H and O–H groups in total. The second-order valence-electron chi connectivity index (χ2n) is 6.03. The zero-order valence-electron chi connectivity index (χ0n) is 14.3. The van der Waals surface area contributed by atoms with Crippen molar-refractivity contribution in [2.45, 2.75) is 31.9 Å². The topological polar surface area (TPSA) is 80.9 Å². The van der Waals surface area contributed by atoms with Gasteiger partial charge in [0.05, 0.1) is 18.4 Å². The van der Waals surface area contributed by atoms with Gasteiger partial charge in [-0.05, 0) is 19.1 Å². The predicted molar refractivity (Wildman–Crippen MR) is 91.4 cm³/mol. The van der Waals surface area contributed by atoms with Gasteiger partial charge in [-0.1, -0.05) is 18.2 Å². The van der Waals surface area contributed by atoms with E-state index in [4.69, 9.17) is 13.9 Å². The predicted octanol–water partition coefficient (Wildman–Crippen LogP) is 2.61. The van der Waals surface area contributed by atoms with E-state index in [0.717, 1.165) is 11.3 Å². The largest absolute Gasteiger partial charge is 0.494 e. The Hall–Kier alpha value is -2.31. The van der Waals surface area contributed by atoms with E-state index in [2.05, 4.69) is 5.32 Å². The van der Waals surface area contributed by atoms with Gasteiger partial charge in [-0.15, -0.1) is 0 Å². The number of ether oxygens (including phenoxy) is 2. The van der Waals surface area contributed by atoms with E-state index in [-0.39, 0.29) is 5.91 Å². The molecule has 1 saturated heterocycles. The van der Waals surface area contributed by atoms with Crippen LogP contribution in [0.4, 0.5) is 0 Å². The van der Waals surface area contributed by atoms with Crippen molar-refractivity contribution < 1.29 is 23.8 Å². The lowest BCUT2D eigenvalue weighted by molar-refractivity contribution is -0.0804. The van der Waals surface area contributed by atoms with Crippen LogP contribution in [0.3, 0.4) is 0 Å². The number of hydrogen-bond donors (Lipinski definition) is 2. The van der Waals surface area contributed by atoms with Crippen molar-refractivity contribution >= 4 is 5.91 Å². The maximum absolute atomic E-state index is 12.6. The van der Waals surface area contributed by atoms with E-state index in [0.29, 0.717) is 50.5 Å². The summed E-state index contributed by atoms with van der Waals surface area (Å²) in [5, 5.41) is 13.7. The van der Waals surface area contributed by atoms with Gasteiger partial charge >= 0.3 is 0 Å². The number of furan rings is 1. The van der Waals surface area contributed by atoms with Crippen LogP contribution in [-0.4, -0.2) is 30.8 Å². The van der Waals surface area contributed by atoms with Crippen LogP contribution >= 0.6 is 0 Å². The maximum atomic E-state index is 12.6. The molecule has 0 aliphatic carbocycles. The standard InChI is InChI=1S/C19H23NO5/c1-2-24-16-6-4-3-5-14(16)13-20-18(21)15-7-10-25-17(15)19(22)8-11-23-12-9-19/h3-7,10,22H,2,8-9,11-13H2,1H3,(H,20,21). The summed E-state index contributed by atoms with van der Waals surface area (Å²) >= 11 is 0. The van der Waals surface area contributed by atoms with Crippen molar-refractivity contribution in [3.05, 3.63) is 53.5 Å². The molecule has 0 spiro atoms. The van der Waals surface area contributed by atoms with Crippen molar-refractivity contribution in [3.8, 4) is 5.75 Å². The van der Waals surface area contributed by atoms with Crippen molar-refractivity contribution in [1.29, 1.82) is 0 Å². The lowest BCUT2D eigenvalue weighted by Crippen LogP contribution is -2.35. The number of amides is 1. The smallest absolute Gasteiger partial charge is 0.255 e. The third kappa shape index (κ3) is 3.86. The molecule has 1 aliphatic rings. The number of para-hydroxylation sites is 1. The number of carbonyl (C=O) groups is 1. The van der Waals surface area contributed by atoms with Gasteiger partial charge in [0.2, 0.25) is 0 Å². The van der Waals surface area contributed by atoms with E-state index in [1.807, 2.05) is 31.2 Å². The van der Waals surface area contributed by atoms with E-state index in [1.165, 1.54) is 6.26 Å². The number of aliphatic hydroxyl groups is 1. The zero-order valence-corrected chi connectivity index (χ0v) is 14.3. The molecule has 2 aromatic rings. The molecule has 1 fully saturated rings. The average molecular weight is 345 g/mol. The number of hydrogen-bond acceptors (Lipinski definition) is 5. The molecular formula is C19H23NO5. The monoisotopic (exact) mass is 345 g/mol. The van der Waals surface area contributed by atoms with Crippen LogP contribution < -0.4 is 10.1 Å². The summed E-state index contributed by atoms with van der Waals surface area (Å²) in [6.45, 7) is 3.70. The summed E-state index contributed by atoms with van der Waals surface area (Å²) in [7, 11) is 0. The Morgan fingerprint density at radius 1 is 1.28 bits per heavy atom. The van der Waals surface area contributed by atoms with Crippen LogP contribution in [0.5, 0.6) is 5.75 Å². The molecule has 3 rings (SSSR count). The molecule has 25 heavy (non-hydrogen) atoms. The van der Waals surface area contributed by atoms with Gasteiger partial charge < -0.3 is 24.3 Å². The summed E-state index contributed by atoms with van der Waals surface area (Å²) in [6, 6.07) is 9.17. The zero-order chi connectivity index (χ0) is 17.7. The fraction of sp³-hybridized carbons (Fsp3) is 0.421. The first-order valence-electron chi connectivity index (χ1n) is 8.51. The third-order valence-electron chi connectivity index (χ3n) is 4.36. The fourth-order valence-corrected chi connectivity index (χ4v) is 3.00. The highest BCUT2D eigenvalue weighted by atomic mass is 16.5. The van der Waals surface area contributed by atoms with Gasteiger partial charge in [-0.25, -0.2) is 0 Å². The maximum Gasteiger partial charge on any atom is 0.255 e. The molecule has 6 nitrogen and oxygen atoms in total. The lowest BCUT2D eigenvalue weighted by atomic mass is 9.89. The van der Waals surface area contributed by atoms with Crippen LogP contribution in [0.15, 0.2) is 41.0 Å². The SMILES string of the molecule is CCOc1ccccc1CNC(=O)c1ccoc1C1(O)CCOCC1. The van der Waals surface area contributed by atoms with Gasteiger partial charge in [-0.3, -0.25) is 4.79 Å². The van der Waals surface area contributed by atoms with Crippen molar-refractivity contribution in [2.75, 3.05) is 19.8 Å². The summed E-state index contributed by atoms with van der Waals surface area (Å²) in [5.41, 5.74) is 0.100. The molecular weight excluding hydrogens is 322 g/mol. The first-order valence-corrected chi connectivity index (χ1v) is 8.51. The normalized spacial score (nSPS) is 16.4. The Kier molecular flexibility index (Phi) is 5.40. The van der Waals surface area contributed by atoms with Crippen LogP contribution in [0, 0.1) is 0 Å². The number of nitrogens with one attached hydrogen (secondary N) is 1. The minimum Gasteiger partial charge on any atom is -0.494 e. The van der Waals surface area contributed by atoms with Crippen LogP contribution in [-0.2, 0) is 16.9 Å². The molecule has 6 heteroatoms. The van der Waals surface area contributed by atoms with Gasteiger partial charge in [-0.2, -0.15) is 0 Å². The summed E-state index contributed by atoms with van der Waals surface area (Å²) < 4.78 is 16.3. The lowest BCUT2D eigenvalue weighted by Gasteiger charge is -2.30. The minimum atomic E-state index is -1.16. The highest BCUT2D eigenvalue weighted by Gasteiger charge is 2.38. The molecule has 1 aliphatic heterocycles. The van der Waals surface area contributed by atoms with Gasteiger partial charge in [0.15, 0.2) is 0 Å². The van der Waals surface area contributed by atoms with Crippen molar-refractivity contribution in [1.82, 2.24) is 5.32 Å². The quantitative estimate of drug-likeness (QED) is 0.841. The Morgan fingerprint density at radius 3 is 2.80 bits per heavy atom. The van der Waals surface area contributed by atoms with Crippen LogP contribution in [0.2, 0.25) is 0 Å². The molecule has 0 radical (unpaired) electrons. The molecule has 134 valence electrons. The first kappa shape index (κ1) is 17.5. The second-order valence-corrected chi connectivity index (χ2v) is 6.03. The third-order valence-corrected chi connectivity index (χ3v) is 4.36. The van der Waals surface area contributed by atoms with Gasteiger partial charge in [0.25, 0.3) is 5.91 Å². The number of rotatable bonds is 6. The summed E-state index contributed by atoms with van der Waals surface area (Å²) in [5.74, 6) is 0.780. The number of carbonyl (C=O) groups excluding carboxylic acids is 1. The molecule has 0 bridgehead atoms. The summed E-state index contributed by atoms with van der Waals surface area (Å²) in [6.07, 6.45) is 2.26. The highest BCUT2D eigenvalue weighted by molar-refractivity contribution is 5.95. The molecule has 1 aromatic heterocycles. The Labute approximate surface area is 146 Å². The van der Waals surface area contributed by atoms with E-state index in [1.54, 1.807) is 6.07 Å². The van der Waals surface area contributed by atoms with E-state index < -0.39 is 5.60 Å². The molecule has 0 atom stereocenters. The molecule has 1 aromatic carbocycles. The Balaban J connectivity index is 1.72. The first-order chi connectivity index (χ1) is 12.1. The molecule has 0 unspecified atom stereocenters. The van der Waals surface area contributed by atoms with Gasteiger partial charge in [0.1, 0.15) is 17.1 Å². The van der Waals surface area contributed by atoms with E-state index >= 15 is 0 Å². The molecule has 1 amide bonds. The second kappa shape index (κ2) is 7.72. The number of benzene rings is 1. The highest BCUT2D eigenvalue weighted by Crippen LogP contribution is 2.34.